The van der Waals surface area contributed by atoms with Crippen molar-refractivity contribution < 1.29 is 24.0 Å². The van der Waals surface area contributed by atoms with Gasteiger partial charge in [0.2, 0.25) is 11.8 Å². The van der Waals surface area contributed by atoms with Crippen LogP contribution in [0.1, 0.15) is 44.7 Å². The Labute approximate surface area is 227 Å². The number of nitro groups is 1. The number of esters is 1. The van der Waals surface area contributed by atoms with Gasteiger partial charge in [-0.25, -0.2) is 0 Å². The summed E-state index contributed by atoms with van der Waals surface area (Å²) in [6, 6.07) is 14.5. The highest BCUT2D eigenvalue weighted by molar-refractivity contribution is 6.08. The molecule has 10 heteroatoms. The standard InChI is InChI=1S/C29H34N4O6/c1-17(2)26(28(35)32(5)16-20-11-8-7-9-12-20)31-27(34)23-18(3)30-19(4)24(29(36)39-6)25(23)21-13-10-14-22(15-21)33(37)38/h7-15,17,24-26H,16H2,1-6H3,(H,31,34). The molecule has 1 heterocycles. The highest BCUT2D eigenvalue weighted by Crippen LogP contribution is 2.40. The van der Waals surface area contributed by atoms with Crippen molar-refractivity contribution in [1.82, 2.24) is 10.2 Å². The van der Waals surface area contributed by atoms with E-state index in [1.54, 1.807) is 31.9 Å². The van der Waals surface area contributed by atoms with Crippen molar-refractivity contribution in [3.05, 3.63) is 87.1 Å². The first kappa shape index (κ1) is 29.2. The second-order valence-electron chi connectivity index (χ2n) is 9.96. The van der Waals surface area contributed by atoms with E-state index in [2.05, 4.69) is 10.3 Å². The van der Waals surface area contributed by atoms with E-state index >= 15 is 0 Å². The van der Waals surface area contributed by atoms with Gasteiger partial charge in [-0.1, -0.05) is 56.3 Å². The van der Waals surface area contributed by atoms with Crippen LogP contribution in [0.5, 0.6) is 0 Å². The summed E-state index contributed by atoms with van der Waals surface area (Å²) in [4.78, 5) is 57.2. The Balaban J connectivity index is 2.00. The molecule has 2 aromatic rings. The number of amides is 2. The van der Waals surface area contributed by atoms with Crippen LogP contribution in [-0.2, 0) is 25.7 Å². The Kier molecular flexibility index (Phi) is 9.34. The molecule has 3 unspecified atom stereocenters. The van der Waals surface area contributed by atoms with E-state index in [9.17, 15) is 24.5 Å². The number of nitro benzene ring substituents is 1. The van der Waals surface area contributed by atoms with Gasteiger partial charge in [-0.15, -0.1) is 0 Å². The minimum absolute atomic E-state index is 0.153. The molecular formula is C29H34N4O6. The van der Waals surface area contributed by atoms with Gasteiger partial charge in [-0.2, -0.15) is 0 Å². The number of methoxy groups -OCH3 is 1. The second kappa shape index (κ2) is 12.5. The van der Waals surface area contributed by atoms with E-state index in [0.717, 1.165) is 5.56 Å². The fourth-order valence-corrected chi connectivity index (χ4v) is 4.86. The summed E-state index contributed by atoms with van der Waals surface area (Å²) in [6.45, 7) is 7.33. The van der Waals surface area contributed by atoms with Crippen molar-refractivity contribution in [2.24, 2.45) is 16.8 Å². The number of hydrogen-bond donors (Lipinski definition) is 1. The highest BCUT2D eigenvalue weighted by atomic mass is 16.6. The number of ether oxygens (including phenoxy) is 1. The molecule has 0 aliphatic carbocycles. The molecule has 0 saturated heterocycles. The maximum atomic E-state index is 13.9. The SMILES string of the molecule is COC(=O)C1C(C)=NC(C)=C(C(=O)NC(C(=O)N(C)Cc2ccccc2)C(C)C)C1c1cccc([N+](=O)[O-])c1. The van der Waals surface area contributed by atoms with Crippen LogP contribution in [0.2, 0.25) is 0 Å². The number of likely N-dealkylation sites (N-methyl/N-ethyl adjacent to an activating group) is 1. The van der Waals surface area contributed by atoms with Crippen molar-refractivity contribution in [2.45, 2.75) is 46.2 Å². The van der Waals surface area contributed by atoms with E-state index in [1.165, 1.54) is 25.3 Å². The lowest BCUT2D eigenvalue weighted by Crippen LogP contribution is -2.51. The molecule has 0 spiro atoms. The zero-order valence-electron chi connectivity index (χ0n) is 23.0. The fraction of sp³-hybridized carbons (Fsp3) is 0.379. The lowest BCUT2D eigenvalue weighted by atomic mass is 9.75. The summed E-state index contributed by atoms with van der Waals surface area (Å²) in [7, 11) is 2.91. The number of rotatable bonds is 9. The average molecular weight is 535 g/mol. The number of nitrogens with zero attached hydrogens (tertiary/aromatic N) is 3. The summed E-state index contributed by atoms with van der Waals surface area (Å²) in [5.74, 6) is -3.59. The number of non-ortho nitro benzene ring substituents is 1. The average Bonchev–Trinajstić information content (AvgIpc) is 2.90. The first-order valence-corrected chi connectivity index (χ1v) is 12.6. The number of benzene rings is 2. The van der Waals surface area contributed by atoms with Crippen LogP contribution in [0.15, 0.2) is 70.9 Å². The van der Waals surface area contributed by atoms with Crippen molar-refractivity contribution in [3.63, 3.8) is 0 Å². The van der Waals surface area contributed by atoms with Crippen molar-refractivity contribution in [3.8, 4) is 0 Å². The van der Waals surface area contributed by atoms with E-state index in [-0.39, 0.29) is 23.1 Å². The Bertz CT molecular complexity index is 1320. The molecule has 39 heavy (non-hydrogen) atoms. The molecule has 10 nitrogen and oxygen atoms in total. The van der Waals surface area contributed by atoms with Gasteiger partial charge in [0.05, 0.1) is 12.0 Å². The van der Waals surface area contributed by atoms with Crippen LogP contribution in [0.3, 0.4) is 0 Å². The first-order chi connectivity index (χ1) is 18.5. The predicted octanol–water partition coefficient (Wildman–Crippen LogP) is 4.02. The molecule has 1 aliphatic heterocycles. The molecular weight excluding hydrogens is 500 g/mol. The van der Waals surface area contributed by atoms with Crippen molar-refractivity contribution in [1.29, 1.82) is 0 Å². The van der Waals surface area contributed by atoms with Crippen LogP contribution < -0.4 is 5.32 Å². The normalized spacial score (nSPS) is 17.8. The molecule has 0 saturated carbocycles. The molecule has 0 bridgehead atoms. The first-order valence-electron chi connectivity index (χ1n) is 12.6. The van der Waals surface area contributed by atoms with Crippen LogP contribution in [0, 0.1) is 22.0 Å². The number of carbonyl (C=O) groups excluding carboxylic acids is 3. The van der Waals surface area contributed by atoms with Crippen LogP contribution in [0.4, 0.5) is 5.69 Å². The molecule has 1 N–H and O–H groups in total. The number of carbonyl (C=O) groups is 3. The number of nitrogens with one attached hydrogen (secondary N) is 1. The van der Waals surface area contributed by atoms with Gasteiger partial charge < -0.3 is 15.0 Å². The molecule has 3 rings (SSSR count). The fourth-order valence-electron chi connectivity index (χ4n) is 4.86. The molecule has 206 valence electrons. The number of hydrogen-bond acceptors (Lipinski definition) is 7. The largest absolute Gasteiger partial charge is 0.468 e. The van der Waals surface area contributed by atoms with E-state index < -0.39 is 34.7 Å². The Morgan fingerprint density at radius 3 is 2.36 bits per heavy atom. The molecule has 1 aliphatic rings. The molecule has 0 radical (unpaired) electrons. The maximum Gasteiger partial charge on any atom is 0.315 e. The third-order valence-corrected chi connectivity index (χ3v) is 6.83. The summed E-state index contributed by atoms with van der Waals surface area (Å²) in [5, 5.41) is 14.4. The van der Waals surface area contributed by atoms with Gasteiger partial charge in [0.1, 0.15) is 12.0 Å². The van der Waals surface area contributed by atoms with Crippen LogP contribution in [-0.4, -0.2) is 53.5 Å². The zero-order valence-corrected chi connectivity index (χ0v) is 23.0. The van der Waals surface area contributed by atoms with E-state index in [4.69, 9.17) is 4.74 Å². The molecule has 3 atom stereocenters. The van der Waals surface area contributed by atoms with E-state index in [1.807, 2.05) is 44.2 Å². The van der Waals surface area contributed by atoms with Gasteiger partial charge in [0.15, 0.2) is 0 Å². The van der Waals surface area contributed by atoms with Crippen molar-refractivity contribution in [2.75, 3.05) is 14.2 Å². The highest BCUT2D eigenvalue weighted by Gasteiger charge is 2.43. The molecule has 0 aromatic heterocycles. The molecule has 2 amide bonds. The third-order valence-electron chi connectivity index (χ3n) is 6.83. The number of aliphatic imine (C=N–C) groups is 1. The Morgan fingerprint density at radius 1 is 1.10 bits per heavy atom. The predicted molar refractivity (Wildman–Crippen MR) is 147 cm³/mol. The summed E-state index contributed by atoms with van der Waals surface area (Å²) in [6.07, 6.45) is 0. The van der Waals surface area contributed by atoms with E-state index in [0.29, 0.717) is 23.5 Å². The summed E-state index contributed by atoms with van der Waals surface area (Å²) >= 11 is 0. The van der Waals surface area contributed by atoms with Crippen LogP contribution in [0.25, 0.3) is 0 Å². The quantitative estimate of drug-likeness (QED) is 0.294. The Morgan fingerprint density at radius 2 is 1.77 bits per heavy atom. The smallest absolute Gasteiger partial charge is 0.315 e. The van der Waals surface area contributed by atoms with Gasteiger partial charge >= 0.3 is 5.97 Å². The van der Waals surface area contributed by atoms with Gasteiger partial charge in [-0.3, -0.25) is 29.5 Å². The summed E-state index contributed by atoms with van der Waals surface area (Å²) < 4.78 is 5.03. The van der Waals surface area contributed by atoms with Crippen LogP contribution >= 0.6 is 0 Å². The number of allylic oxidation sites excluding steroid dienone is 1. The lowest BCUT2D eigenvalue weighted by molar-refractivity contribution is -0.384. The Hall–Kier alpha value is -4.34. The topological polar surface area (TPSA) is 131 Å². The second-order valence-corrected chi connectivity index (χ2v) is 9.96. The zero-order chi connectivity index (χ0) is 28.9. The van der Waals surface area contributed by atoms with Gasteiger partial charge in [-0.05, 0) is 30.9 Å². The molecule has 0 fully saturated rings. The minimum Gasteiger partial charge on any atom is -0.468 e. The monoisotopic (exact) mass is 534 g/mol. The van der Waals surface area contributed by atoms with Gasteiger partial charge in [0.25, 0.3) is 5.69 Å². The minimum atomic E-state index is -0.976. The van der Waals surface area contributed by atoms with Gasteiger partial charge in [0, 0.05) is 48.6 Å². The maximum absolute atomic E-state index is 13.9. The summed E-state index contributed by atoms with van der Waals surface area (Å²) in [5.41, 5.74) is 2.10. The molecule has 2 aromatic carbocycles. The lowest BCUT2D eigenvalue weighted by Gasteiger charge is -2.33. The van der Waals surface area contributed by atoms with Crippen molar-refractivity contribution >= 4 is 29.2 Å². The third kappa shape index (κ3) is 6.57.